The smallest absolute Gasteiger partial charge is 0.134 e. The summed E-state index contributed by atoms with van der Waals surface area (Å²) < 4.78 is 19.9. The molecule has 0 saturated heterocycles. The Morgan fingerprint density at radius 3 is 2.89 bits per heavy atom. The van der Waals surface area contributed by atoms with E-state index in [1.165, 1.54) is 17.4 Å². The van der Waals surface area contributed by atoms with Crippen molar-refractivity contribution in [2.45, 2.75) is 6.04 Å². The van der Waals surface area contributed by atoms with Crippen molar-refractivity contribution < 1.29 is 9.13 Å². The van der Waals surface area contributed by atoms with Crippen molar-refractivity contribution in [1.29, 1.82) is 0 Å². The normalized spacial score (nSPS) is 12.4. The van der Waals surface area contributed by atoms with E-state index >= 15 is 0 Å². The third kappa shape index (κ3) is 2.56. The van der Waals surface area contributed by atoms with Gasteiger partial charge in [-0.1, -0.05) is 15.9 Å². The van der Waals surface area contributed by atoms with Gasteiger partial charge in [-0.05, 0) is 29.6 Å². The van der Waals surface area contributed by atoms with E-state index in [0.29, 0.717) is 11.3 Å². The average molecular weight is 331 g/mol. The van der Waals surface area contributed by atoms with Crippen LogP contribution < -0.4 is 16.0 Å². The number of benzene rings is 1. The van der Waals surface area contributed by atoms with Gasteiger partial charge < -0.3 is 4.74 Å². The molecule has 0 aliphatic carbocycles. The fraction of sp³-hybridized carbons (Fsp3) is 0.167. The second-order valence-electron chi connectivity index (χ2n) is 3.62. The van der Waals surface area contributed by atoms with Crippen LogP contribution in [0.1, 0.15) is 16.5 Å². The molecule has 2 rings (SSSR count). The Kier molecular flexibility index (Phi) is 4.34. The van der Waals surface area contributed by atoms with Gasteiger partial charge in [-0.2, -0.15) is 0 Å². The van der Waals surface area contributed by atoms with Gasteiger partial charge in [-0.15, -0.1) is 11.3 Å². The minimum atomic E-state index is -0.433. The Balaban J connectivity index is 2.48. The topological polar surface area (TPSA) is 47.3 Å². The SMILES string of the molecule is COc1ccsc1C(NN)c1cc(Br)ccc1F. The molecule has 96 valence electrons. The third-order valence-corrected chi connectivity index (χ3v) is 4.03. The maximum atomic E-state index is 13.9. The first-order valence-corrected chi connectivity index (χ1v) is 6.87. The van der Waals surface area contributed by atoms with Crippen LogP contribution in [0.3, 0.4) is 0 Å². The fourth-order valence-corrected chi connectivity index (χ4v) is 3.05. The summed E-state index contributed by atoms with van der Waals surface area (Å²) in [4.78, 5) is 0.844. The maximum absolute atomic E-state index is 13.9. The number of nitrogens with two attached hydrogens (primary N) is 1. The van der Waals surface area contributed by atoms with E-state index in [0.717, 1.165) is 9.35 Å². The lowest BCUT2D eigenvalue weighted by atomic mass is 10.1. The molecule has 0 fully saturated rings. The fourth-order valence-electron chi connectivity index (χ4n) is 1.73. The summed E-state index contributed by atoms with van der Waals surface area (Å²) in [5.41, 5.74) is 3.11. The molecule has 1 heterocycles. The summed E-state index contributed by atoms with van der Waals surface area (Å²) in [5, 5.41) is 1.88. The number of nitrogens with one attached hydrogen (secondary N) is 1. The number of thiophene rings is 1. The monoisotopic (exact) mass is 330 g/mol. The minimum absolute atomic E-state index is 0.309. The molecule has 2 aromatic rings. The van der Waals surface area contributed by atoms with E-state index in [9.17, 15) is 4.39 Å². The molecule has 0 radical (unpaired) electrons. The minimum Gasteiger partial charge on any atom is -0.496 e. The Labute approximate surface area is 117 Å². The van der Waals surface area contributed by atoms with Crippen molar-refractivity contribution in [2.24, 2.45) is 5.84 Å². The van der Waals surface area contributed by atoms with Crippen molar-refractivity contribution in [2.75, 3.05) is 7.11 Å². The predicted molar refractivity (Wildman–Crippen MR) is 74.1 cm³/mol. The summed E-state index contributed by atoms with van der Waals surface area (Å²) >= 11 is 4.80. The van der Waals surface area contributed by atoms with Gasteiger partial charge in [0.05, 0.1) is 18.0 Å². The molecule has 0 saturated carbocycles. The molecule has 0 aliphatic rings. The van der Waals surface area contributed by atoms with Crippen molar-refractivity contribution in [3.05, 3.63) is 50.4 Å². The first kappa shape index (κ1) is 13.5. The molecule has 0 spiro atoms. The van der Waals surface area contributed by atoms with Crippen LogP contribution in [-0.2, 0) is 0 Å². The highest BCUT2D eigenvalue weighted by Crippen LogP contribution is 2.35. The molecule has 0 aliphatic heterocycles. The highest BCUT2D eigenvalue weighted by atomic mass is 79.9. The Bertz CT molecular complexity index is 547. The Morgan fingerprint density at radius 2 is 2.22 bits per heavy atom. The second-order valence-corrected chi connectivity index (χ2v) is 5.48. The van der Waals surface area contributed by atoms with Gasteiger partial charge >= 0.3 is 0 Å². The van der Waals surface area contributed by atoms with Crippen LogP contribution in [0.15, 0.2) is 34.1 Å². The highest BCUT2D eigenvalue weighted by molar-refractivity contribution is 9.10. The van der Waals surface area contributed by atoms with E-state index in [1.807, 2.05) is 11.4 Å². The van der Waals surface area contributed by atoms with E-state index in [4.69, 9.17) is 10.6 Å². The van der Waals surface area contributed by atoms with Crippen LogP contribution in [-0.4, -0.2) is 7.11 Å². The zero-order chi connectivity index (χ0) is 13.1. The van der Waals surface area contributed by atoms with Crippen molar-refractivity contribution in [3.8, 4) is 5.75 Å². The Morgan fingerprint density at radius 1 is 1.44 bits per heavy atom. The van der Waals surface area contributed by atoms with Gasteiger partial charge in [0.2, 0.25) is 0 Å². The van der Waals surface area contributed by atoms with E-state index in [2.05, 4.69) is 21.4 Å². The van der Waals surface area contributed by atoms with Gasteiger partial charge in [-0.3, -0.25) is 5.84 Å². The van der Waals surface area contributed by atoms with Gasteiger partial charge in [0.15, 0.2) is 0 Å². The number of hydrogen-bond acceptors (Lipinski definition) is 4. The zero-order valence-corrected chi connectivity index (χ0v) is 12.0. The van der Waals surface area contributed by atoms with E-state index < -0.39 is 6.04 Å². The molecular weight excluding hydrogens is 319 g/mol. The Hall–Kier alpha value is -0.950. The molecule has 18 heavy (non-hydrogen) atoms. The first-order chi connectivity index (χ1) is 8.67. The van der Waals surface area contributed by atoms with Gasteiger partial charge in [-0.25, -0.2) is 9.82 Å². The molecule has 1 aromatic heterocycles. The lowest BCUT2D eigenvalue weighted by Gasteiger charge is -2.17. The van der Waals surface area contributed by atoms with Gasteiger partial charge in [0, 0.05) is 10.0 Å². The number of rotatable bonds is 4. The number of halogens is 2. The van der Waals surface area contributed by atoms with Crippen LogP contribution >= 0.6 is 27.3 Å². The summed E-state index contributed by atoms with van der Waals surface area (Å²) in [6.07, 6.45) is 0. The number of methoxy groups -OCH3 is 1. The molecular formula is C12H12BrFN2OS. The van der Waals surface area contributed by atoms with E-state index in [-0.39, 0.29) is 5.82 Å². The zero-order valence-electron chi connectivity index (χ0n) is 9.61. The van der Waals surface area contributed by atoms with Crippen molar-refractivity contribution >= 4 is 27.3 Å². The molecule has 6 heteroatoms. The van der Waals surface area contributed by atoms with Crippen molar-refractivity contribution in [1.82, 2.24) is 5.43 Å². The standard InChI is InChI=1S/C12H12BrFN2OS/c1-17-10-4-5-18-12(10)11(16-15)8-6-7(13)2-3-9(8)14/h2-6,11,16H,15H2,1H3. The number of hydrazine groups is 1. The number of hydrogen-bond donors (Lipinski definition) is 2. The quantitative estimate of drug-likeness (QED) is 0.668. The summed E-state index contributed by atoms with van der Waals surface area (Å²) in [7, 11) is 1.58. The highest BCUT2D eigenvalue weighted by Gasteiger charge is 2.21. The van der Waals surface area contributed by atoms with Crippen LogP contribution in [0, 0.1) is 5.82 Å². The molecule has 3 N–H and O–H groups in total. The predicted octanol–water partition coefficient (Wildman–Crippen LogP) is 3.21. The summed E-state index contributed by atoms with van der Waals surface area (Å²) in [5.74, 6) is 5.95. The van der Waals surface area contributed by atoms with Crippen LogP contribution in [0.2, 0.25) is 0 Å². The van der Waals surface area contributed by atoms with Gasteiger partial charge in [0.1, 0.15) is 11.6 Å². The van der Waals surface area contributed by atoms with Crippen LogP contribution in [0.4, 0.5) is 4.39 Å². The molecule has 0 bridgehead atoms. The van der Waals surface area contributed by atoms with Crippen LogP contribution in [0.5, 0.6) is 5.75 Å². The lowest BCUT2D eigenvalue weighted by molar-refractivity contribution is 0.407. The summed E-state index contributed by atoms with van der Waals surface area (Å²) in [6, 6.07) is 6.17. The molecule has 0 amide bonds. The second kappa shape index (κ2) is 5.79. The third-order valence-electron chi connectivity index (χ3n) is 2.58. The molecule has 1 atom stereocenters. The lowest BCUT2D eigenvalue weighted by Crippen LogP contribution is -2.29. The first-order valence-electron chi connectivity index (χ1n) is 5.19. The molecule has 3 nitrogen and oxygen atoms in total. The number of ether oxygens (including phenoxy) is 1. The van der Waals surface area contributed by atoms with Crippen molar-refractivity contribution in [3.63, 3.8) is 0 Å². The van der Waals surface area contributed by atoms with E-state index in [1.54, 1.807) is 19.2 Å². The van der Waals surface area contributed by atoms with Gasteiger partial charge in [0.25, 0.3) is 0 Å². The largest absolute Gasteiger partial charge is 0.496 e. The van der Waals surface area contributed by atoms with Crippen LogP contribution in [0.25, 0.3) is 0 Å². The molecule has 1 aromatic carbocycles. The summed E-state index contributed by atoms with van der Waals surface area (Å²) in [6.45, 7) is 0. The molecule has 1 unspecified atom stereocenters. The average Bonchev–Trinajstić information content (AvgIpc) is 2.83. The maximum Gasteiger partial charge on any atom is 0.134 e.